The van der Waals surface area contributed by atoms with Crippen LogP contribution in [0.3, 0.4) is 0 Å². The molecule has 0 fully saturated rings. The molecule has 1 aromatic rings. The SMILES string of the molecule is CCCCN(C)S(=O)(=O)N[C@H](C)c1ccc(C)o1. The lowest BCUT2D eigenvalue weighted by Gasteiger charge is -2.20. The quantitative estimate of drug-likeness (QED) is 0.829. The molecule has 1 N–H and O–H groups in total. The minimum absolute atomic E-state index is 0.368. The van der Waals surface area contributed by atoms with Gasteiger partial charge < -0.3 is 4.42 Å². The molecule has 6 heteroatoms. The zero-order valence-electron chi connectivity index (χ0n) is 11.4. The molecule has 0 aliphatic rings. The number of unbranched alkanes of at least 4 members (excludes halogenated alkanes) is 1. The zero-order chi connectivity index (χ0) is 13.8. The highest BCUT2D eigenvalue weighted by molar-refractivity contribution is 7.87. The van der Waals surface area contributed by atoms with Crippen molar-refractivity contribution in [1.29, 1.82) is 0 Å². The molecule has 18 heavy (non-hydrogen) atoms. The maximum absolute atomic E-state index is 12.0. The molecule has 1 heterocycles. The summed E-state index contributed by atoms with van der Waals surface area (Å²) in [6.45, 7) is 6.15. The fourth-order valence-electron chi connectivity index (χ4n) is 1.56. The van der Waals surface area contributed by atoms with E-state index in [0.29, 0.717) is 12.3 Å². The Morgan fingerprint density at radius 2 is 2.11 bits per heavy atom. The Balaban J connectivity index is 2.65. The van der Waals surface area contributed by atoms with Gasteiger partial charge in [-0.25, -0.2) is 0 Å². The van der Waals surface area contributed by atoms with Crippen molar-refractivity contribution in [2.24, 2.45) is 0 Å². The molecule has 1 atom stereocenters. The lowest BCUT2D eigenvalue weighted by molar-refractivity contribution is 0.415. The van der Waals surface area contributed by atoms with Crippen LogP contribution in [0.2, 0.25) is 0 Å². The molecule has 0 amide bonds. The van der Waals surface area contributed by atoms with Crippen LogP contribution < -0.4 is 4.72 Å². The van der Waals surface area contributed by atoms with Crippen molar-refractivity contribution >= 4 is 10.2 Å². The van der Waals surface area contributed by atoms with Gasteiger partial charge in [0, 0.05) is 13.6 Å². The van der Waals surface area contributed by atoms with Crippen molar-refractivity contribution < 1.29 is 12.8 Å². The summed E-state index contributed by atoms with van der Waals surface area (Å²) >= 11 is 0. The second kappa shape index (κ2) is 6.36. The number of aryl methyl sites for hydroxylation is 1. The van der Waals surface area contributed by atoms with Crippen molar-refractivity contribution in [3.8, 4) is 0 Å². The van der Waals surface area contributed by atoms with E-state index >= 15 is 0 Å². The smallest absolute Gasteiger partial charge is 0.279 e. The normalized spacial score (nSPS) is 14.1. The number of hydrogen-bond donors (Lipinski definition) is 1. The highest BCUT2D eigenvalue weighted by Crippen LogP contribution is 2.17. The second-order valence-electron chi connectivity index (χ2n) is 4.47. The summed E-state index contributed by atoms with van der Waals surface area (Å²) < 4.78 is 33.3. The summed E-state index contributed by atoms with van der Waals surface area (Å²) in [5, 5.41) is 0. The van der Waals surface area contributed by atoms with Gasteiger partial charge in [0.05, 0.1) is 6.04 Å². The Morgan fingerprint density at radius 3 is 2.61 bits per heavy atom. The molecule has 1 aromatic heterocycles. The monoisotopic (exact) mass is 274 g/mol. The van der Waals surface area contributed by atoms with Crippen LogP contribution in [-0.4, -0.2) is 26.3 Å². The van der Waals surface area contributed by atoms with Crippen LogP contribution in [0.4, 0.5) is 0 Å². The fraction of sp³-hybridized carbons (Fsp3) is 0.667. The first-order valence-corrected chi connectivity index (χ1v) is 7.60. The van der Waals surface area contributed by atoms with Gasteiger partial charge in [-0.05, 0) is 32.4 Å². The maximum atomic E-state index is 12.0. The van der Waals surface area contributed by atoms with Gasteiger partial charge in [0.1, 0.15) is 11.5 Å². The van der Waals surface area contributed by atoms with E-state index < -0.39 is 10.2 Å². The number of nitrogens with zero attached hydrogens (tertiary/aromatic N) is 1. The van der Waals surface area contributed by atoms with E-state index in [1.54, 1.807) is 20.0 Å². The van der Waals surface area contributed by atoms with Gasteiger partial charge in [-0.2, -0.15) is 17.4 Å². The molecule has 0 unspecified atom stereocenters. The Morgan fingerprint density at radius 1 is 1.44 bits per heavy atom. The maximum Gasteiger partial charge on any atom is 0.279 e. The van der Waals surface area contributed by atoms with Gasteiger partial charge in [0.2, 0.25) is 0 Å². The van der Waals surface area contributed by atoms with Crippen molar-refractivity contribution in [2.45, 2.75) is 39.7 Å². The van der Waals surface area contributed by atoms with Gasteiger partial charge in [-0.15, -0.1) is 0 Å². The van der Waals surface area contributed by atoms with Gasteiger partial charge in [0.15, 0.2) is 0 Å². The third-order valence-electron chi connectivity index (χ3n) is 2.75. The van der Waals surface area contributed by atoms with Crippen molar-refractivity contribution in [1.82, 2.24) is 9.03 Å². The highest BCUT2D eigenvalue weighted by Gasteiger charge is 2.21. The molecule has 0 aliphatic heterocycles. The molecular formula is C12H22N2O3S. The van der Waals surface area contributed by atoms with E-state index in [1.807, 2.05) is 19.9 Å². The Labute approximate surface area is 109 Å². The van der Waals surface area contributed by atoms with Crippen LogP contribution in [0.15, 0.2) is 16.5 Å². The molecule has 0 aliphatic carbocycles. The van der Waals surface area contributed by atoms with Crippen LogP contribution in [0.25, 0.3) is 0 Å². The largest absolute Gasteiger partial charge is 0.465 e. The Kier molecular flexibility index (Phi) is 5.37. The van der Waals surface area contributed by atoms with Crippen molar-refractivity contribution in [2.75, 3.05) is 13.6 Å². The van der Waals surface area contributed by atoms with Gasteiger partial charge >= 0.3 is 0 Å². The average molecular weight is 274 g/mol. The summed E-state index contributed by atoms with van der Waals surface area (Å²) in [7, 11) is -1.87. The lowest BCUT2D eigenvalue weighted by atomic mass is 10.3. The molecule has 0 saturated heterocycles. The zero-order valence-corrected chi connectivity index (χ0v) is 12.3. The molecule has 0 aromatic carbocycles. The molecule has 0 radical (unpaired) electrons. The number of rotatable bonds is 7. The lowest BCUT2D eigenvalue weighted by Crippen LogP contribution is -2.39. The molecule has 0 saturated carbocycles. The summed E-state index contributed by atoms with van der Waals surface area (Å²) in [4.78, 5) is 0. The first-order valence-electron chi connectivity index (χ1n) is 6.16. The van der Waals surface area contributed by atoms with Gasteiger partial charge in [-0.3, -0.25) is 0 Å². The molecule has 104 valence electrons. The molecule has 0 bridgehead atoms. The Bertz CT molecular complexity index is 467. The van der Waals surface area contributed by atoms with Crippen LogP contribution in [0, 0.1) is 6.92 Å². The van der Waals surface area contributed by atoms with Crippen LogP contribution in [0.5, 0.6) is 0 Å². The van der Waals surface area contributed by atoms with E-state index in [0.717, 1.165) is 18.6 Å². The van der Waals surface area contributed by atoms with Crippen molar-refractivity contribution in [3.63, 3.8) is 0 Å². The van der Waals surface area contributed by atoms with E-state index in [2.05, 4.69) is 4.72 Å². The topological polar surface area (TPSA) is 62.6 Å². The van der Waals surface area contributed by atoms with Gasteiger partial charge in [-0.1, -0.05) is 13.3 Å². The predicted octanol–water partition coefficient (Wildman–Crippen LogP) is 2.22. The van der Waals surface area contributed by atoms with E-state index in [-0.39, 0.29) is 6.04 Å². The first-order chi connectivity index (χ1) is 8.36. The standard InChI is InChI=1S/C12H22N2O3S/c1-5-6-9-14(4)18(15,16)13-11(3)12-8-7-10(2)17-12/h7-8,11,13H,5-6,9H2,1-4H3/t11-/m1/s1. The predicted molar refractivity (Wildman–Crippen MR) is 71.5 cm³/mol. The third-order valence-corrected chi connectivity index (χ3v) is 4.41. The van der Waals surface area contributed by atoms with Gasteiger partial charge in [0.25, 0.3) is 10.2 Å². The molecule has 5 nitrogen and oxygen atoms in total. The fourth-order valence-corrected chi connectivity index (χ4v) is 2.67. The van der Waals surface area contributed by atoms with Crippen molar-refractivity contribution in [3.05, 3.63) is 23.7 Å². The van der Waals surface area contributed by atoms with Crippen LogP contribution >= 0.6 is 0 Å². The minimum Gasteiger partial charge on any atom is -0.465 e. The van der Waals surface area contributed by atoms with E-state index in [1.165, 1.54) is 4.31 Å². The highest BCUT2D eigenvalue weighted by atomic mass is 32.2. The van der Waals surface area contributed by atoms with Crippen LogP contribution in [0.1, 0.15) is 44.3 Å². The van der Waals surface area contributed by atoms with E-state index in [4.69, 9.17) is 4.42 Å². The number of furan rings is 1. The molecular weight excluding hydrogens is 252 g/mol. The summed E-state index contributed by atoms with van der Waals surface area (Å²) in [5.74, 6) is 1.40. The second-order valence-corrected chi connectivity index (χ2v) is 6.28. The van der Waals surface area contributed by atoms with E-state index in [9.17, 15) is 8.42 Å². The third kappa shape index (κ3) is 4.12. The van der Waals surface area contributed by atoms with Crippen LogP contribution in [-0.2, 0) is 10.2 Å². The number of hydrogen-bond acceptors (Lipinski definition) is 3. The molecule has 0 spiro atoms. The summed E-state index contributed by atoms with van der Waals surface area (Å²) in [5.41, 5.74) is 0. The summed E-state index contributed by atoms with van der Waals surface area (Å²) in [6, 6.07) is 3.24. The Hall–Kier alpha value is -0.850. The minimum atomic E-state index is -3.45. The molecule has 1 rings (SSSR count). The number of nitrogens with one attached hydrogen (secondary N) is 1. The first kappa shape index (κ1) is 15.2. The summed E-state index contributed by atoms with van der Waals surface area (Å²) in [6.07, 6.45) is 1.82. The average Bonchev–Trinajstić information content (AvgIpc) is 2.72.